The maximum absolute atomic E-state index is 11.8. The number of amides is 2. The first-order valence-corrected chi connectivity index (χ1v) is 4.98. The second kappa shape index (κ2) is 3.24. The largest absolute Gasteiger partial charge is 0.342 e. The van der Waals surface area contributed by atoms with Crippen LogP contribution >= 0.6 is 0 Å². The van der Waals surface area contributed by atoms with E-state index in [1.807, 2.05) is 13.8 Å². The molecular formula is C9H15N3O2. The summed E-state index contributed by atoms with van der Waals surface area (Å²) in [6.07, 6.45) is 0.711. The standard InChI is InChI=1S/C9H15N3O2/c1-5(2)7-9(14)12-6(3-4-10-12)8(13)11-7/h5-7,10H,3-4H2,1-2H3,(H,11,13)/t6-,7+/m1/s1. The first-order valence-electron chi connectivity index (χ1n) is 4.98. The fraction of sp³-hybridized carbons (Fsp3) is 0.778. The fourth-order valence-electron chi connectivity index (χ4n) is 1.95. The Bertz CT molecular complexity index is 273. The molecule has 0 radical (unpaired) electrons. The number of hydrogen-bond donors (Lipinski definition) is 2. The lowest BCUT2D eigenvalue weighted by Crippen LogP contribution is -2.64. The Labute approximate surface area is 82.8 Å². The molecule has 0 aromatic carbocycles. The summed E-state index contributed by atoms with van der Waals surface area (Å²) in [5.74, 6) is 0.0881. The summed E-state index contributed by atoms with van der Waals surface area (Å²) >= 11 is 0. The highest BCUT2D eigenvalue weighted by atomic mass is 16.2. The van der Waals surface area contributed by atoms with Crippen molar-refractivity contribution < 1.29 is 9.59 Å². The zero-order chi connectivity index (χ0) is 10.3. The number of rotatable bonds is 1. The summed E-state index contributed by atoms with van der Waals surface area (Å²) < 4.78 is 0. The lowest BCUT2D eigenvalue weighted by molar-refractivity contribution is -0.151. The van der Waals surface area contributed by atoms with Crippen molar-refractivity contribution in [1.82, 2.24) is 15.8 Å². The first-order chi connectivity index (χ1) is 6.61. The molecule has 0 aromatic heterocycles. The number of nitrogens with one attached hydrogen (secondary N) is 2. The van der Waals surface area contributed by atoms with Crippen LogP contribution in [0.25, 0.3) is 0 Å². The van der Waals surface area contributed by atoms with Crippen LogP contribution in [0.5, 0.6) is 0 Å². The molecule has 0 spiro atoms. The van der Waals surface area contributed by atoms with Crippen molar-refractivity contribution in [3.05, 3.63) is 0 Å². The highest BCUT2D eigenvalue weighted by Gasteiger charge is 2.44. The van der Waals surface area contributed by atoms with Gasteiger partial charge in [-0.3, -0.25) is 14.6 Å². The molecule has 2 rings (SSSR count). The molecule has 2 amide bonds. The maximum atomic E-state index is 11.8. The third-order valence-corrected chi connectivity index (χ3v) is 2.78. The summed E-state index contributed by atoms with van der Waals surface area (Å²) in [5, 5.41) is 4.26. The molecule has 2 aliphatic heterocycles. The van der Waals surface area contributed by atoms with E-state index in [4.69, 9.17) is 0 Å². The van der Waals surface area contributed by atoms with Crippen molar-refractivity contribution in [2.75, 3.05) is 6.54 Å². The van der Waals surface area contributed by atoms with Gasteiger partial charge in [0.25, 0.3) is 5.91 Å². The van der Waals surface area contributed by atoms with Crippen LogP contribution < -0.4 is 10.7 Å². The summed E-state index contributed by atoms with van der Waals surface area (Å²) in [4.78, 5) is 23.4. The van der Waals surface area contributed by atoms with Gasteiger partial charge >= 0.3 is 0 Å². The summed E-state index contributed by atoms with van der Waals surface area (Å²) in [6.45, 7) is 4.56. The van der Waals surface area contributed by atoms with Crippen LogP contribution in [0.15, 0.2) is 0 Å². The van der Waals surface area contributed by atoms with Crippen molar-refractivity contribution in [1.29, 1.82) is 0 Å². The second-order valence-corrected chi connectivity index (χ2v) is 4.15. The molecule has 0 saturated carbocycles. The van der Waals surface area contributed by atoms with Crippen LogP contribution in [-0.2, 0) is 9.59 Å². The summed E-state index contributed by atoms with van der Waals surface area (Å²) in [6, 6.07) is -0.665. The molecule has 2 N–H and O–H groups in total. The van der Waals surface area contributed by atoms with E-state index in [1.165, 1.54) is 5.01 Å². The Morgan fingerprint density at radius 3 is 2.79 bits per heavy atom. The van der Waals surface area contributed by atoms with E-state index < -0.39 is 0 Å². The van der Waals surface area contributed by atoms with Crippen LogP contribution in [0.2, 0.25) is 0 Å². The molecule has 2 atom stereocenters. The van der Waals surface area contributed by atoms with E-state index in [1.54, 1.807) is 0 Å². The Balaban J connectivity index is 2.20. The van der Waals surface area contributed by atoms with Crippen molar-refractivity contribution in [3.8, 4) is 0 Å². The van der Waals surface area contributed by atoms with Gasteiger partial charge in [0.15, 0.2) is 0 Å². The van der Waals surface area contributed by atoms with Crippen LogP contribution in [0.1, 0.15) is 20.3 Å². The van der Waals surface area contributed by atoms with Crippen molar-refractivity contribution in [2.45, 2.75) is 32.4 Å². The van der Waals surface area contributed by atoms with Gasteiger partial charge < -0.3 is 5.32 Å². The Hall–Kier alpha value is -1.10. The molecule has 2 fully saturated rings. The lowest BCUT2D eigenvalue weighted by atomic mass is 9.99. The van der Waals surface area contributed by atoms with Crippen molar-refractivity contribution in [2.24, 2.45) is 5.92 Å². The zero-order valence-electron chi connectivity index (χ0n) is 8.41. The molecule has 5 nitrogen and oxygen atoms in total. The van der Waals surface area contributed by atoms with E-state index in [9.17, 15) is 9.59 Å². The number of nitrogens with zero attached hydrogens (tertiary/aromatic N) is 1. The first kappa shape index (κ1) is 9.45. The summed E-state index contributed by atoms with van der Waals surface area (Å²) in [5.41, 5.74) is 2.95. The monoisotopic (exact) mass is 197 g/mol. The highest BCUT2D eigenvalue weighted by molar-refractivity contribution is 5.97. The zero-order valence-corrected chi connectivity index (χ0v) is 8.41. The molecule has 78 valence electrons. The van der Waals surface area contributed by atoms with Gasteiger partial charge in [-0.25, -0.2) is 5.43 Å². The number of hydrogen-bond acceptors (Lipinski definition) is 3. The number of carbonyl (C=O) groups excluding carboxylic acids is 2. The van der Waals surface area contributed by atoms with Gasteiger partial charge in [-0.1, -0.05) is 13.8 Å². The minimum absolute atomic E-state index is 0.0119. The van der Waals surface area contributed by atoms with E-state index >= 15 is 0 Å². The van der Waals surface area contributed by atoms with Crippen LogP contribution in [-0.4, -0.2) is 35.5 Å². The van der Waals surface area contributed by atoms with Crippen LogP contribution in [0, 0.1) is 5.92 Å². The SMILES string of the molecule is CC(C)[C@@H]1NC(=O)[C@H]2CCNN2C1=O. The van der Waals surface area contributed by atoms with Gasteiger partial charge in [0.1, 0.15) is 12.1 Å². The Morgan fingerprint density at radius 1 is 1.43 bits per heavy atom. The molecule has 0 unspecified atom stereocenters. The Morgan fingerprint density at radius 2 is 2.14 bits per heavy atom. The third-order valence-electron chi connectivity index (χ3n) is 2.78. The van der Waals surface area contributed by atoms with E-state index in [2.05, 4.69) is 10.7 Å². The molecule has 2 heterocycles. The second-order valence-electron chi connectivity index (χ2n) is 4.15. The highest BCUT2D eigenvalue weighted by Crippen LogP contribution is 2.18. The molecular weight excluding hydrogens is 182 g/mol. The number of fused-ring (bicyclic) bond motifs is 1. The number of hydrazine groups is 1. The predicted molar refractivity (Wildman–Crippen MR) is 50.0 cm³/mol. The van der Waals surface area contributed by atoms with E-state index in [0.717, 1.165) is 0 Å². The third kappa shape index (κ3) is 1.28. The molecule has 0 aliphatic carbocycles. The van der Waals surface area contributed by atoms with Crippen molar-refractivity contribution >= 4 is 11.8 Å². The van der Waals surface area contributed by atoms with Crippen LogP contribution in [0.4, 0.5) is 0 Å². The molecule has 5 heteroatoms. The molecule has 0 aromatic rings. The van der Waals surface area contributed by atoms with Gasteiger partial charge in [0.2, 0.25) is 5.91 Å². The number of carbonyl (C=O) groups is 2. The lowest BCUT2D eigenvalue weighted by Gasteiger charge is -2.35. The molecule has 2 aliphatic rings. The van der Waals surface area contributed by atoms with Gasteiger partial charge in [-0.2, -0.15) is 0 Å². The molecule has 2 saturated heterocycles. The predicted octanol–water partition coefficient (Wildman–Crippen LogP) is -0.754. The van der Waals surface area contributed by atoms with Gasteiger partial charge in [0, 0.05) is 6.54 Å². The molecule has 0 bridgehead atoms. The normalized spacial score (nSPS) is 32.1. The van der Waals surface area contributed by atoms with E-state index in [-0.39, 0.29) is 29.8 Å². The fourth-order valence-corrected chi connectivity index (χ4v) is 1.95. The minimum atomic E-state index is -0.371. The summed E-state index contributed by atoms with van der Waals surface area (Å²) in [7, 11) is 0. The van der Waals surface area contributed by atoms with E-state index in [0.29, 0.717) is 13.0 Å². The molecule has 14 heavy (non-hydrogen) atoms. The topological polar surface area (TPSA) is 61.4 Å². The van der Waals surface area contributed by atoms with Gasteiger partial charge in [-0.05, 0) is 12.3 Å². The smallest absolute Gasteiger partial charge is 0.260 e. The maximum Gasteiger partial charge on any atom is 0.260 e. The average molecular weight is 197 g/mol. The Kier molecular flexibility index (Phi) is 2.19. The van der Waals surface area contributed by atoms with Gasteiger partial charge in [-0.15, -0.1) is 0 Å². The van der Waals surface area contributed by atoms with Gasteiger partial charge in [0.05, 0.1) is 0 Å². The van der Waals surface area contributed by atoms with Crippen molar-refractivity contribution in [3.63, 3.8) is 0 Å². The minimum Gasteiger partial charge on any atom is -0.342 e. The number of piperazine rings is 1. The quantitative estimate of drug-likeness (QED) is 0.581. The average Bonchev–Trinajstić information content (AvgIpc) is 2.59. The van der Waals surface area contributed by atoms with Crippen LogP contribution in [0.3, 0.4) is 0 Å².